The van der Waals surface area contributed by atoms with Gasteiger partial charge in [-0.3, -0.25) is 0 Å². The van der Waals surface area contributed by atoms with Gasteiger partial charge in [-0.05, 0) is 13.8 Å². The highest BCUT2D eigenvalue weighted by atomic mass is 32.1. The average molecular weight is 221 g/mol. The van der Waals surface area contributed by atoms with Crippen LogP contribution in [0, 0.1) is 13.8 Å². The normalized spacial score (nSPS) is 12.7. The van der Waals surface area contributed by atoms with Gasteiger partial charge in [0.15, 0.2) is 0 Å². The standard InChI is InChI=1S/C10H11N3OS/c1-6-10(15-7(2)13-6)9(14)8-3-11-5-12-4-8/h3-5,9,14H,1-2H3. The Morgan fingerprint density at radius 1 is 1.27 bits per heavy atom. The Hall–Kier alpha value is -1.33. The first-order valence-corrected chi connectivity index (χ1v) is 5.37. The van der Waals surface area contributed by atoms with E-state index in [1.54, 1.807) is 12.4 Å². The number of aromatic nitrogens is 3. The summed E-state index contributed by atoms with van der Waals surface area (Å²) in [7, 11) is 0. The molecule has 0 aliphatic heterocycles. The molecule has 2 aromatic heterocycles. The van der Waals surface area contributed by atoms with E-state index in [-0.39, 0.29) is 0 Å². The molecule has 0 radical (unpaired) electrons. The molecular weight excluding hydrogens is 210 g/mol. The maximum absolute atomic E-state index is 10.1. The molecule has 5 heteroatoms. The minimum Gasteiger partial charge on any atom is -0.383 e. The predicted molar refractivity (Wildman–Crippen MR) is 57.7 cm³/mol. The lowest BCUT2D eigenvalue weighted by atomic mass is 10.1. The van der Waals surface area contributed by atoms with Crippen molar-refractivity contribution in [2.24, 2.45) is 0 Å². The summed E-state index contributed by atoms with van der Waals surface area (Å²) in [4.78, 5) is 12.9. The summed E-state index contributed by atoms with van der Waals surface area (Å²) in [6.45, 7) is 3.82. The van der Waals surface area contributed by atoms with Crippen LogP contribution in [0.4, 0.5) is 0 Å². The van der Waals surface area contributed by atoms with Crippen molar-refractivity contribution in [2.45, 2.75) is 20.0 Å². The van der Waals surface area contributed by atoms with Crippen LogP contribution >= 0.6 is 11.3 Å². The average Bonchev–Trinajstić information content (AvgIpc) is 2.58. The van der Waals surface area contributed by atoms with E-state index in [2.05, 4.69) is 15.0 Å². The number of aryl methyl sites for hydroxylation is 2. The van der Waals surface area contributed by atoms with Crippen molar-refractivity contribution in [1.82, 2.24) is 15.0 Å². The van der Waals surface area contributed by atoms with Crippen LogP contribution in [0.1, 0.15) is 27.2 Å². The van der Waals surface area contributed by atoms with Crippen molar-refractivity contribution in [1.29, 1.82) is 0 Å². The van der Waals surface area contributed by atoms with E-state index < -0.39 is 6.10 Å². The summed E-state index contributed by atoms with van der Waals surface area (Å²) >= 11 is 1.50. The van der Waals surface area contributed by atoms with Gasteiger partial charge >= 0.3 is 0 Å². The summed E-state index contributed by atoms with van der Waals surface area (Å²) in [5, 5.41) is 11.0. The lowest BCUT2D eigenvalue weighted by Gasteiger charge is -2.07. The van der Waals surface area contributed by atoms with Crippen molar-refractivity contribution in [3.8, 4) is 0 Å². The Labute approximate surface area is 91.7 Å². The third kappa shape index (κ3) is 2.03. The number of aliphatic hydroxyl groups is 1. The fourth-order valence-corrected chi connectivity index (χ4v) is 2.35. The molecule has 0 saturated heterocycles. The van der Waals surface area contributed by atoms with Gasteiger partial charge in [0.1, 0.15) is 12.4 Å². The molecule has 0 spiro atoms. The molecule has 4 nitrogen and oxygen atoms in total. The van der Waals surface area contributed by atoms with Crippen molar-refractivity contribution < 1.29 is 5.11 Å². The maximum atomic E-state index is 10.1. The topological polar surface area (TPSA) is 58.9 Å². The Morgan fingerprint density at radius 2 is 1.93 bits per heavy atom. The third-order valence-corrected chi connectivity index (χ3v) is 3.21. The van der Waals surface area contributed by atoms with Gasteiger partial charge in [0.25, 0.3) is 0 Å². The fourth-order valence-electron chi connectivity index (χ4n) is 1.40. The fraction of sp³-hybridized carbons (Fsp3) is 0.300. The monoisotopic (exact) mass is 221 g/mol. The quantitative estimate of drug-likeness (QED) is 0.837. The van der Waals surface area contributed by atoms with Gasteiger partial charge in [-0.15, -0.1) is 11.3 Å². The molecule has 0 amide bonds. The Morgan fingerprint density at radius 3 is 2.47 bits per heavy atom. The first kappa shape index (κ1) is 10.2. The molecule has 15 heavy (non-hydrogen) atoms. The zero-order valence-corrected chi connectivity index (χ0v) is 9.32. The SMILES string of the molecule is Cc1nc(C)c(C(O)c2cncnc2)s1. The van der Waals surface area contributed by atoms with Crippen LogP contribution in [0.15, 0.2) is 18.7 Å². The van der Waals surface area contributed by atoms with Gasteiger partial charge in [0.2, 0.25) is 0 Å². The molecule has 0 fully saturated rings. The molecule has 1 unspecified atom stereocenters. The number of nitrogens with zero attached hydrogens (tertiary/aromatic N) is 3. The number of thiazole rings is 1. The minimum absolute atomic E-state index is 0.669. The van der Waals surface area contributed by atoms with Gasteiger partial charge in [0, 0.05) is 18.0 Å². The van der Waals surface area contributed by atoms with Crippen LogP contribution in [-0.2, 0) is 0 Å². The largest absolute Gasteiger partial charge is 0.383 e. The molecule has 1 atom stereocenters. The van der Waals surface area contributed by atoms with E-state index in [9.17, 15) is 5.11 Å². The minimum atomic E-state index is -0.669. The van der Waals surface area contributed by atoms with E-state index >= 15 is 0 Å². The van der Waals surface area contributed by atoms with Crippen LogP contribution in [-0.4, -0.2) is 20.1 Å². The second kappa shape index (κ2) is 4.04. The second-order valence-electron chi connectivity index (χ2n) is 3.26. The Balaban J connectivity index is 2.36. The molecule has 0 aliphatic carbocycles. The van der Waals surface area contributed by atoms with Crippen molar-refractivity contribution in [3.63, 3.8) is 0 Å². The van der Waals surface area contributed by atoms with Crippen molar-refractivity contribution >= 4 is 11.3 Å². The van der Waals surface area contributed by atoms with Crippen LogP contribution in [0.5, 0.6) is 0 Å². The van der Waals surface area contributed by atoms with Crippen LogP contribution in [0.2, 0.25) is 0 Å². The first-order valence-electron chi connectivity index (χ1n) is 4.55. The van der Waals surface area contributed by atoms with E-state index in [0.29, 0.717) is 5.56 Å². The van der Waals surface area contributed by atoms with E-state index in [4.69, 9.17) is 0 Å². The summed E-state index contributed by atoms with van der Waals surface area (Å²) in [5.74, 6) is 0. The lowest BCUT2D eigenvalue weighted by Crippen LogP contribution is -2.00. The maximum Gasteiger partial charge on any atom is 0.118 e. The summed E-state index contributed by atoms with van der Waals surface area (Å²) in [6, 6.07) is 0. The number of hydrogen-bond donors (Lipinski definition) is 1. The van der Waals surface area contributed by atoms with Gasteiger partial charge in [-0.25, -0.2) is 15.0 Å². The molecule has 1 N–H and O–H groups in total. The van der Waals surface area contributed by atoms with Crippen LogP contribution < -0.4 is 0 Å². The highest BCUT2D eigenvalue weighted by Crippen LogP contribution is 2.28. The molecule has 2 heterocycles. The van der Waals surface area contributed by atoms with Gasteiger partial charge in [0.05, 0.1) is 15.6 Å². The molecule has 0 aromatic carbocycles. The molecule has 2 aromatic rings. The Bertz CT molecular complexity index is 455. The third-order valence-electron chi connectivity index (χ3n) is 2.08. The molecule has 2 rings (SSSR count). The first-order chi connectivity index (χ1) is 7.18. The smallest absolute Gasteiger partial charge is 0.118 e. The molecular formula is C10H11N3OS. The van der Waals surface area contributed by atoms with Gasteiger partial charge < -0.3 is 5.11 Å². The van der Waals surface area contributed by atoms with E-state index in [1.165, 1.54) is 17.7 Å². The van der Waals surface area contributed by atoms with Crippen molar-refractivity contribution in [2.75, 3.05) is 0 Å². The highest BCUT2D eigenvalue weighted by Gasteiger charge is 2.16. The lowest BCUT2D eigenvalue weighted by molar-refractivity contribution is 0.222. The van der Waals surface area contributed by atoms with Crippen LogP contribution in [0.3, 0.4) is 0 Å². The van der Waals surface area contributed by atoms with Crippen LogP contribution in [0.25, 0.3) is 0 Å². The van der Waals surface area contributed by atoms with E-state index in [0.717, 1.165) is 15.6 Å². The molecule has 0 bridgehead atoms. The predicted octanol–water partition coefficient (Wildman–Crippen LogP) is 1.63. The zero-order chi connectivity index (χ0) is 10.8. The number of hydrogen-bond acceptors (Lipinski definition) is 5. The molecule has 0 aliphatic rings. The summed E-state index contributed by atoms with van der Waals surface area (Å²) in [5.41, 5.74) is 1.57. The van der Waals surface area contributed by atoms with Gasteiger partial charge in [-0.1, -0.05) is 0 Å². The molecule has 0 saturated carbocycles. The summed E-state index contributed by atoms with van der Waals surface area (Å²) < 4.78 is 0. The number of aliphatic hydroxyl groups excluding tert-OH is 1. The highest BCUT2D eigenvalue weighted by molar-refractivity contribution is 7.11. The van der Waals surface area contributed by atoms with Gasteiger partial charge in [-0.2, -0.15) is 0 Å². The van der Waals surface area contributed by atoms with Crippen molar-refractivity contribution in [3.05, 3.63) is 39.9 Å². The molecule has 78 valence electrons. The van der Waals surface area contributed by atoms with E-state index in [1.807, 2.05) is 13.8 Å². The summed E-state index contributed by atoms with van der Waals surface area (Å²) in [6.07, 6.45) is 4.01. The Kier molecular flexibility index (Phi) is 2.75. The number of rotatable bonds is 2. The zero-order valence-electron chi connectivity index (χ0n) is 8.51. The second-order valence-corrected chi connectivity index (χ2v) is 4.49.